The number of benzene rings is 3. The van der Waals surface area contributed by atoms with Crippen LogP contribution in [-0.2, 0) is 16.6 Å². The molecule has 7 heteroatoms. The van der Waals surface area contributed by atoms with E-state index in [0.29, 0.717) is 17.0 Å². The van der Waals surface area contributed by atoms with E-state index in [0.717, 1.165) is 0 Å². The summed E-state index contributed by atoms with van der Waals surface area (Å²) in [5, 5.41) is 0.121. The predicted molar refractivity (Wildman–Crippen MR) is 104 cm³/mol. The molecule has 0 N–H and O–H groups in total. The molecule has 0 saturated carbocycles. The Labute approximate surface area is 162 Å². The highest BCUT2D eigenvalue weighted by atomic mass is 35.5. The van der Waals surface area contributed by atoms with Crippen LogP contribution in [0, 0.1) is 5.82 Å². The maximum absolute atomic E-state index is 13.4. The molecule has 4 nitrogen and oxygen atoms in total. The molecule has 0 unspecified atom stereocenters. The molecule has 0 fully saturated rings. The monoisotopic (exact) mass is 405 g/mol. The Morgan fingerprint density at radius 2 is 1.70 bits per heavy atom. The molecule has 0 aliphatic carbocycles. The fraction of sp³-hybridized carbons (Fsp3) is 0.100. The van der Waals surface area contributed by atoms with Crippen LogP contribution in [0.1, 0.15) is 5.56 Å². The van der Waals surface area contributed by atoms with Gasteiger partial charge in [-0.2, -0.15) is 0 Å². The van der Waals surface area contributed by atoms with E-state index in [-0.39, 0.29) is 16.5 Å². The van der Waals surface area contributed by atoms with Crippen LogP contribution in [0.15, 0.2) is 77.7 Å². The third-order valence-electron chi connectivity index (χ3n) is 3.98. The highest BCUT2D eigenvalue weighted by Crippen LogP contribution is 2.30. The summed E-state index contributed by atoms with van der Waals surface area (Å²) in [5.41, 5.74) is 1.05. The predicted octanol–water partition coefficient (Wildman–Crippen LogP) is 4.88. The van der Waals surface area contributed by atoms with Crippen LogP contribution in [0.5, 0.6) is 5.75 Å². The van der Waals surface area contributed by atoms with Gasteiger partial charge in [0.25, 0.3) is 10.0 Å². The number of nitrogens with zero attached hydrogens (tertiary/aromatic N) is 1. The second-order valence-electron chi connectivity index (χ2n) is 5.77. The summed E-state index contributed by atoms with van der Waals surface area (Å²) in [5.74, 6) is 0.164. The number of anilines is 1. The standard InChI is InChI=1S/C20H17ClFNO3S/c1-26-18-6-4-5-15(13-18)14-23(17-11-9-16(22)10-12-17)27(24,25)20-8-3-2-7-19(20)21/h2-13H,14H2,1H3. The third kappa shape index (κ3) is 4.23. The quantitative estimate of drug-likeness (QED) is 0.587. The summed E-state index contributed by atoms with van der Waals surface area (Å²) in [6.45, 7) is 0.0381. The summed E-state index contributed by atoms with van der Waals surface area (Å²) in [7, 11) is -2.44. The van der Waals surface area contributed by atoms with Crippen molar-refractivity contribution in [2.24, 2.45) is 0 Å². The molecule has 140 valence electrons. The molecule has 0 saturated heterocycles. The lowest BCUT2D eigenvalue weighted by Gasteiger charge is -2.25. The molecule has 0 amide bonds. The van der Waals surface area contributed by atoms with Gasteiger partial charge in [-0.3, -0.25) is 4.31 Å². The van der Waals surface area contributed by atoms with E-state index < -0.39 is 15.8 Å². The van der Waals surface area contributed by atoms with Gasteiger partial charge in [-0.05, 0) is 54.1 Å². The lowest BCUT2D eigenvalue weighted by molar-refractivity contribution is 0.414. The maximum atomic E-state index is 13.4. The Kier molecular flexibility index (Phi) is 5.68. The lowest BCUT2D eigenvalue weighted by Crippen LogP contribution is -2.30. The smallest absolute Gasteiger partial charge is 0.266 e. The van der Waals surface area contributed by atoms with Crippen LogP contribution in [0.3, 0.4) is 0 Å². The normalized spacial score (nSPS) is 11.2. The van der Waals surface area contributed by atoms with Crippen LogP contribution in [0.2, 0.25) is 5.02 Å². The van der Waals surface area contributed by atoms with Gasteiger partial charge in [0.1, 0.15) is 16.5 Å². The molecule has 0 atom stereocenters. The highest BCUT2D eigenvalue weighted by molar-refractivity contribution is 7.93. The number of hydrogen-bond acceptors (Lipinski definition) is 3. The fourth-order valence-electron chi connectivity index (χ4n) is 2.63. The zero-order valence-electron chi connectivity index (χ0n) is 14.5. The largest absolute Gasteiger partial charge is 0.497 e. The fourth-order valence-corrected chi connectivity index (χ4v) is 4.58. The van der Waals surface area contributed by atoms with Crippen molar-refractivity contribution < 1.29 is 17.5 Å². The van der Waals surface area contributed by atoms with E-state index in [1.165, 1.54) is 47.8 Å². The Morgan fingerprint density at radius 1 is 1.00 bits per heavy atom. The Bertz CT molecular complexity index is 1040. The second-order valence-corrected chi connectivity index (χ2v) is 8.01. The van der Waals surface area contributed by atoms with Crippen LogP contribution in [0.25, 0.3) is 0 Å². The lowest BCUT2D eigenvalue weighted by atomic mass is 10.2. The van der Waals surface area contributed by atoms with Crippen LogP contribution in [-0.4, -0.2) is 15.5 Å². The molecular formula is C20H17ClFNO3S. The highest BCUT2D eigenvalue weighted by Gasteiger charge is 2.27. The average molecular weight is 406 g/mol. The number of ether oxygens (including phenoxy) is 1. The van der Waals surface area contributed by atoms with Crippen molar-refractivity contribution in [1.29, 1.82) is 0 Å². The van der Waals surface area contributed by atoms with E-state index in [1.54, 1.807) is 36.4 Å². The zero-order valence-corrected chi connectivity index (χ0v) is 16.0. The van der Waals surface area contributed by atoms with Gasteiger partial charge in [-0.15, -0.1) is 0 Å². The first-order valence-corrected chi connectivity index (χ1v) is 9.89. The van der Waals surface area contributed by atoms with Gasteiger partial charge >= 0.3 is 0 Å². The molecule has 0 bridgehead atoms. The van der Waals surface area contributed by atoms with Gasteiger partial charge in [0, 0.05) is 0 Å². The maximum Gasteiger partial charge on any atom is 0.266 e. The van der Waals surface area contributed by atoms with Crippen molar-refractivity contribution in [3.05, 3.63) is 89.2 Å². The SMILES string of the molecule is COc1cccc(CN(c2ccc(F)cc2)S(=O)(=O)c2ccccc2Cl)c1. The Morgan fingerprint density at radius 3 is 2.37 bits per heavy atom. The van der Waals surface area contributed by atoms with E-state index in [1.807, 2.05) is 0 Å². The van der Waals surface area contributed by atoms with Gasteiger partial charge in [-0.25, -0.2) is 12.8 Å². The molecule has 27 heavy (non-hydrogen) atoms. The zero-order chi connectivity index (χ0) is 19.4. The van der Waals surface area contributed by atoms with E-state index in [4.69, 9.17) is 16.3 Å². The van der Waals surface area contributed by atoms with E-state index in [9.17, 15) is 12.8 Å². The summed E-state index contributed by atoms with van der Waals surface area (Å²) in [6.07, 6.45) is 0. The van der Waals surface area contributed by atoms with Crippen molar-refractivity contribution >= 4 is 27.3 Å². The first-order valence-electron chi connectivity index (χ1n) is 8.07. The van der Waals surface area contributed by atoms with Crippen molar-refractivity contribution in [2.45, 2.75) is 11.4 Å². The van der Waals surface area contributed by atoms with Crippen LogP contribution in [0.4, 0.5) is 10.1 Å². The third-order valence-corrected chi connectivity index (χ3v) is 6.25. The first-order chi connectivity index (χ1) is 12.9. The molecular weight excluding hydrogens is 389 g/mol. The number of sulfonamides is 1. The Balaban J connectivity index is 2.09. The number of halogens is 2. The van der Waals surface area contributed by atoms with Crippen molar-refractivity contribution in [1.82, 2.24) is 0 Å². The van der Waals surface area contributed by atoms with Crippen molar-refractivity contribution in [3.63, 3.8) is 0 Å². The second kappa shape index (κ2) is 7.98. The molecule has 3 rings (SSSR count). The van der Waals surface area contributed by atoms with E-state index >= 15 is 0 Å². The number of hydrogen-bond donors (Lipinski definition) is 0. The molecule has 0 aromatic heterocycles. The molecule has 0 aliphatic heterocycles. The van der Waals surface area contributed by atoms with Gasteiger partial charge in [0.15, 0.2) is 0 Å². The minimum absolute atomic E-state index is 0.0149. The van der Waals surface area contributed by atoms with Gasteiger partial charge < -0.3 is 4.74 Å². The van der Waals surface area contributed by atoms with Crippen molar-refractivity contribution in [2.75, 3.05) is 11.4 Å². The van der Waals surface area contributed by atoms with Gasteiger partial charge in [0.05, 0.1) is 24.4 Å². The molecule has 0 aliphatic rings. The Hall–Kier alpha value is -2.57. The van der Waals surface area contributed by atoms with Crippen molar-refractivity contribution in [3.8, 4) is 5.75 Å². The van der Waals surface area contributed by atoms with E-state index in [2.05, 4.69) is 0 Å². The summed E-state index contributed by atoms with van der Waals surface area (Å²) in [6, 6.07) is 18.6. The molecule has 3 aromatic carbocycles. The molecule has 0 heterocycles. The number of methoxy groups -OCH3 is 1. The van der Waals surface area contributed by atoms with Gasteiger partial charge in [0.2, 0.25) is 0 Å². The number of rotatable bonds is 6. The minimum Gasteiger partial charge on any atom is -0.497 e. The van der Waals surface area contributed by atoms with Crippen LogP contribution < -0.4 is 9.04 Å². The summed E-state index contributed by atoms with van der Waals surface area (Å²) < 4.78 is 46.4. The summed E-state index contributed by atoms with van der Waals surface area (Å²) in [4.78, 5) is -0.0149. The molecule has 0 spiro atoms. The molecule has 0 radical (unpaired) electrons. The molecule has 3 aromatic rings. The average Bonchev–Trinajstić information content (AvgIpc) is 2.67. The van der Waals surface area contributed by atoms with Gasteiger partial charge in [-0.1, -0.05) is 35.9 Å². The topological polar surface area (TPSA) is 46.6 Å². The summed E-state index contributed by atoms with van der Waals surface area (Å²) >= 11 is 6.13. The first kappa shape index (κ1) is 19.2. The van der Waals surface area contributed by atoms with Crippen LogP contribution >= 0.6 is 11.6 Å². The minimum atomic E-state index is -3.98.